The summed E-state index contributed by atoms with van der Waals surface area (Å²) in [7, 11) is 0. The maximum absolute atomic E-state index is 10.1. The van der Waals surface area contributed by atoms with Gasteiger partial charge in [-0.3, -0.25) is 0 Å². The van der Waals surface area contributed by atoms with E-state index in [4.69, 9.17) is 0 Å². The van der Waals surface area contributed by atoms with Crippen LogP contribution in [-0.4, -0.2) is 10.2 Å². The van der Waals surface area contributed by atoms with Crippen molar-refractivity contribution in [2.45, 2.75) is 27.2 Å². The first kappa shape index (κ1) is 12.5. The summed E-state index contributed by atoms with van der Waals surface area (Å²) in [5.41, 5.74) is 4.84. The predicted octanol–water partition coefficient (Wildman–Crippen LogP) is 3.61. The van der Waals surface area contributed by atoms with E-state index in [-0.39, 0.29) is 0 Å². The minimum absolute atomic E-state index is 0.302. The van der Waals surface area contributed by atoms with Gasteiger partial charge in [0.1, 0.15) is 11.5 Å². The van der Waals surface area contributed by atoms with E-state index in [0.29, 0.717) is 17.9 Å². The van der Waals surface area contributed by atoms with Crippen molar-refractivity contribution >= 4 is 0 Å². The van der Waals surface area contributed by atoms with E-state index in [9.17, 15) is 10.2 Å². The van der Waals surface area contributed by atoms with E-state index in [2.05, 4.69) is 0 Å². The third-order valence-electron chi connectivity index (χ3n) is 3.32. The van der Waals surface area contributed by atoms with Crippen molar-refractivity contribution < 1.29 is 10.2 Å². The third kappa shape index (κ3) is 2.33. The number of benzene rings is 2. The summed E-state index contributed by atoms with van der Waals surface area (Å²) in [6, 6.07) is 9.45. The molecule has 0 fully saturated rings. The molecule has 0 spiro atoms. The third-order valence-corrected chi connectivity index (χ3v) is 3.32. The summed E-state index contributed by atoms with van der Waals surface area (Å²) < 4.78 is 0. The van der Waals surface area contributed by atoms with Gasteiger partial charge >= 0.3 is 0 Å². The van der Waals surface area contributed by atoms with Gasteiger partial charge in [-0.1, -0.05) is 29.8 Å². The van der Waals surface area contributed by atoms with Gasteiger partial charge in [-0.25, -0.2) is 0 Å². The number of hydrogen-bond acceptors (Lipinski definition) is 2. The molecule has 2 rings (SSSR count). The Bertz CT molecular complexity index is 586. The summed E-state index contributed by atoms with van der Waals surface area (Å²) in [6.07, 6.45) is 0.634. The van der Waals surface area contributed by atoms with Crippen LogP contribution in [0.2, 0.25) is 0 Å². The van der Waals surface area contributed by atoms with Gasteiger partial charge in [0.15, 0.2) is 0 Å². The molecule has 0 aliphatic carbocycles. The van der Waals surface area contributed by atoms with E-state index in [1.807, 2.05) is 45.0 Å². The van der Waals surface area contributed by atoms with Crippen LogP contribution < -0.4 is 0 Å². The molecule has 18 heavy (non-hydrogen) atoms. The fourth-order valence-corrected chi connectivity index (χ4v) is 2.25. The quantitative estimate of drug-likeness (QED) is 0.844. The lowest BCUT2D eigenvalue weighted by Gasteiger charge is -2.11. The monoisotopic (exact) mass is 242 g/mol. The molecule has 2 aromatic rings. The Labute approximate surface area is 108 Å². The summed E-state index contributed by atoms with van der Waals surface area (Å²) in [5.74, 6) is 0.653. The standard InChI is InChI=1S/C16H18O2/c1-10-7-11(2)16(18)14(8-10)9-13-5-4-6-15(17)12(13)3/h4-8,17-18H,9H2,1-3H3. The van der Waals surface area contributed by atoms with E-state index in [0.717, 1.165) is 27.8 Å². The second-order valence-electron chi connectivity index (χ2n) is 4.83. The highest BCUT2D eigenvalue weighted by molar-refractivity contribution is 5.47. The minimum atomic E-state index is 0.302. The molecule has 2 aromatic carbocycles. The number of phenolic OH excluding ortho intramolecular Hbond substituents is 2. The fraction of sp³-hybridized carbons (Fsp3) is 0.250. The molecule has 0 aliphatic rings. The van der Waals surface area contributed by atoms with Crippen LogP contribution in [0.4, 0.5) is 0 Å². The lowest BCUT2D eigenvalue weighted by molar-refractivity contribution is 0.463. The highest BCUT2D eigenvalue weighted by Crippen LogP contribution is 2.28. The summed E-state index contributed by atoms with van der Waals surface area (Å²) in [6.45, 7) is 5.82. The molecule has 0 aromatic heterocycles. The summed E-state index contributed by atoms with van der Waals surface area (Å²) in [5, 5.41) is 19.8. The smallest absolute Gasteiger partial charge is 0.122 e. The molecule has 0 saturated carbocycles. The predicted molar refractivity (Wildman–Crippen MR) is 73.2 cm³/mol. The van der Waals surface area contributed by atoms with Crippen molar-refractivity contribution in [3.63, 3.8) is 0 Å². The zero-order valence-corrected chi connectivity index (χ0v) is 11.0. The minimum Gasteiger partial charge on any atom is -0.508 e. The lowest BCUT2D eigenvalue weighted by atomic mass is 9.96. The number of aryl methyl sites for hydroxylation is 2. The highest BCUT2D eigenvalue weighted by atomic mass is 16.3. The van der Waals surface area contributed by atoms with Crippen LogP contribution in [0.25, 0.3) is 0 Å². The molecule has 0 aliphatic heterocycles. The molecule has 2 heteroatoms. The number of aromatic hydroxyl groups is 2. The van der Waals surface area contributed by atoms with Crippen LogP contribution in [0, 0.1) is 20.8 Å². The Balaban J connectivity index is 2.43. The Kier molecular flexibility index (Phi) is 3.28. The largest absolute Gasteiger partial charge is 0.508 e. The van der Waals surface area contributed by atoms with Crippen LogP contribution in [-0.2, 0) is 6.42 Å². The molecule has 2 nitrogen and oxygen atoms in total. The second kappa shape index (κ2) is 4.73. The number of hydrogen-bond donors (Lipinski definition) is 2. The molecule has 0 amide bonds. The first-order valence-electron chi connectivity index (χ1n) is 6.05. The highest BCUT2D eigenvalue weighted by Gasteiger charge is 2.09. The van der Waals surface area contributed by atoms with Gasteiger partial charge in [0, 0.05) is 6.42 Å². The van der Waals surface area contributed by atoms with Gasteiger partial charge in [-0.15, -0.1) is 0 Å². The molecular weight excluding hydrogens is 224 g/mol. The van der Waals surface area contributed by atoms with Gasteiger partial charge < -0.3 is 10.2 Å². The maximum atomic E-state index is 10.1. The van der Waals surface area contributed by atoms with Gasteiger partial charge in [0.25, 0.3) is 0 Å². The average molecular weight is 242 g/mol. The summed E-state index contributed by atoms with van der Waals surface area (Å²) in [4.78, 5) is 0. The normalized spacial score (nSPS) is 10.6. The Morgan fingerprint density at radius 3 is 2.39 bits per heavy atom. The van der Waals surface area contributed by atoms with Crippen molar-refractivity contribution in [1.82, 2.24) is 0 Å². The molecule has 0 unspecified atom stereocenters. The first-order chi connectivity index (χ1) is 8.49. The molecule has 2 N–H and O–H groups in total. The molecule has 0 saturated heterocycles. The fourth-order valence-electron chi connectivity index (χ4n) is 2.25. The van der Waals surface area contributed by atoms with Crippen molar-refractivity contribution in [2.75, 3.05) is 0 Å². The Morgan fingerprint density at radius 2 is 1.67 bits per heavy atom. The molecule has 94 valence electrons. The van der Waals surface area contributed by atoms with Crippen LogP contribution in [0.15, 0.2) is 30.3 Å². The maximum Gasteiger partial charge on any atom is 0.122 e. The SMILES string of the molecule is Cc1cc(C)c(O)c(Cc2cccc(O)c2C)c1. The second-order valence-corrected chi connectivity index (χ2v) is 4.83. The van der Waals surface area contributed by atoms with Crippen LogP contribution in [0.5, 0.6) is 11.5 Å². The molecule has 0 bridgehead atoms. The van der Waals surface area contributed by atoms with E-state index < -0.39 is 0 Å². The average Bonchev–Trinajstić information content (AvgIpc) is 2.31. The zero-order valence-electron chi connectivity index (χ0n) is 11.0. The van der Waals surface area contributed by atoms with Gasteiger partial charge in [0.2, 0.25) is 0 Å². The van der Waals surface area contributed by atoms with E-state index in [1.54, 1.807) is 6.07 Å². The Morgan fingerprint density at radius 1 is 0.944 bits per heavy atom. The zero-order chi connectivity index (χ0) is 13.3. The number of phenols is 2. The van der Waals surface area contributed by atoms with Gasteiger partial charge in [-0.05, 0) is 49.1 Å². The van der Waals surface area contributed by atoms with Crippen molar-refractivity contribution in [1.29, 1.82) is 0 Å². The van der Waals surface area contributed by atoms with Crippen molar-refractivity contribution in [3.8, 4) is 11.5 Å². The molecule has 0 atom stereocenters. The first-order valence-corrected chi connectivity index (χ1v) is 6.05. The van der Waals surface area contributed by atoms with Crippen LogP contribution in [0.3, 0.4) is 0 Å². The van der Waals surface area contributed by atoms with Crippen molar-refractivity contribution in [2.24, 2.45) is 0 Å². The lowest BCUT2D eigenvalue weighted by Crippen LogP contribution is -1.95. The molecular formula is C16H18O2. The van der Waals surface area contributed by atoms with Crippen LogP contribution in [0.1, 0.15) is 27.8 Å². The van der Waals surface area contributed by atoms with Crippen molar-refractivity contribution in [3.05, 3.63) is 58.1 Å². The summed E-state index contributed by atoms with van der Waals surface area (Å²) >= 11 is 0. The molecule has 0 radical (unpaired) electrons. The topological polar surface area (TPSA) is 40.5 Å². The van der Waals surface area contributed by atoms with Crippen LogP contribution >= 0.6 is 0 Å². The van der Waals surface area contributed by atoms with Gasteiger partial charge in [-0.2, -0.15) is 0 Å². The number of rotatable bonds is 2. The Hall–Kier alpha value is -1.96. The molecule has 0 heterocycles. The van der Waals surface area contributed by atoms with E-state index in [1.165, 1.54) is 0 Å². The van der Waals surface area contributed by atoms with E-state index >= 15 is 0 Å². The van der Waals surface area contributed by atoms with Gasteiger partial charge in [0.05, 0.1) is 0 Å².